The number of aromatic nitrogens is 2. The average Bonchev–Trinajstić information content (AvgIpc) is 2.91. The molecule has 0 aliphatic carbocycles. The van der Waals surface area contributed by atoms with Crippen LogP contribution in [0.2, 0.25) is 0 Å². The molecule has 7 nitrogen and oxygen atoms in total. The first-order valence-electron chi connectivity index (χ1n) is 8.73. The Kier molecular flexibility index (Phi) is 5.46. The highest BCUT2D eigenvalue weighted by atomic mass is 16.6. The molecule has 3 rings (SSSR count). The zero-order valence-electron chi connectivity index (χ0n) is 15.8. The molecule has 1 aliphatic heterocycles. The molecule has 1 aromatic heterocycles. The lowest BCUT2D eigenvalue weighted by atomic mass is 10.2. The fourth-order valence-corrected chi connectivity index (χ4v) is 3.03. The van der Waals surface area contributed by atoms with Crippen molar-refractivity contribution in [2.75, 3.05) is 33.8 Å². The predicted octanol–water partition coefficient (Wildman–Crippen LogP) is 1.46. The third kappa shape index (κ3) is 4.35. The Balaban J connectivity index is 1.73. The van der Waals surface area contributed by atoms with Crippen LogP contribution >= 0.6 is 0 Å². The molecule has 0 spiro atoms. The van der Waals surface area contributed by atoms with Gasteiger partial charge in [-0.3, -0.25) is 9.48 Å². The van der Waals surface area contributed by atoms with E-state index in [1.165, 1.54) is 0 Å². The van der Waals surface area contributed by atoms with Gasteiger partial charge in [-0.25, -0.2) is 0 Å². The highest BCUT2D eigenvalue weighted by molar-refractivity contribution is 5.78. The smallest absolute Gasteiger partial charge is 0.237 e. The number of carbonyl (C=O) groups is 1. The number of hydrogen-bond donors (Lipinski definition) is 0. The molecule has 0 fully saturated rings. The summed E-state index contributed by atoms with van der Waals surface area (Å²) < 4.78 is 13.6. The van der Waals surface area contributed by atoms with Gasteiger partial charge in [0.05, 0.1) is 31.0 Å². The molecule has 1 aromatic carbocycles. The minimum atomic E-state index is -0.203. The van der Waals surface area contributed by atoms with Crippen LogP contribution in [-0.2, 0) is 18.4 Å². The second-order valence-electron chi connectivity index (χ2n) is 6.91. The van der Waals surface area contributed by atoms with E-state index in [-0.39, 0.29) is 12.0 Å². The molecule has 7 heteroatoms. The standard InChI is InChI=1S/C19H26N4O3/c1-14-9-15(22(4)20-14)10-23(19(24)12-21(2)3)11-16-13-25-17-7-5-6-8-18(17)26-16/h5-9,16H,10-13H2,1-4H3/t16-/m1/s1. The molecule has 2 heterocycles. The molecule has 0 bridgehead atoms. The van der Waals surface area contributed by atoms with Crippen molar-refractivity contribution in [1.29, 1.82) is 0 Å². The first kappa shape index (κ1) is 18.3. The van der Waals surface area contributed by atoms with Crippen LogP contribution in [0.5, 0.6) is 11.5 Å². The van der Waals surface area contributed by atoms with Crippen LogP contribution in [-0.4, -0.2) is 65.4 Å². The van der Waals surface area contributed by atoms with Gasteiger partial charge < -0.3 is 19.3 Å². The normalized spacial score (nSPS) is 16.0. The van der Waals surface area contributed by atoms with Gasteiger partial charge in [0.2, 0.25) is 5.91 Å². The van der Waals surface area contributed by atoms with Gasteiger partial charge in [-0.15, -0.1) is 0 Å². The molecule has 0 radical (unpaired) electrons. The quantitative estimate of drug-likeness (QED) is 0.782. The van der Waals surface area contributed by atoms with Gasteiger partial charge in [-0.05, 0) is 39.2 Å². The number of rotatable bonds is 6. The molecule has 0 N–H and O–H groups in total. The average molecular weight is 358 g/mol. The molecular weight excluding hydrogens is 332 g/mol. The minimum Gasteiger partial charge on any atom is -0.486 e. The van der Waals surface area contributed by atoms with Gasteiger partial charge >= 0.3 is 0 Å². The summed E-state index contributed by atoms with van der Waals surface area (Å²) in [7, 11) is 5.68. The van der Waals surface area contributed by atoms with Gasteiger partial charge in [0.15, 0.2) is 17.6 Å². The van der Waals surface area contributed by atoms with Crippen LogP contribution in [0.4, 0.5) is 0 Å². The summed E-state index contributed by atoms with van der Waals surface area (Å²) in [6.07, 6.45) is -0.203. The minimum absolute atomic E-state index is 0.0521. The first-order valence-corrected chi connectivity index (χ1v) is 8.73. The van der Waals surface area contributed by atoms with E-state index in [1.54, 1.807) is 0 Å². The van der Waals surface area contributed by atoms with Crippen LogP contribution in [0.1, 0.15) is 11.4 Å². The van der Waals surface area contributed by atoms with Crippen LogP contribution in [0.3, 0.4) is 0 Å². The second-order valence-corrected chi connectivity index (χ2v) is 6.91. The van der Waals surface area contributed by atoms with Crippen molar-refractivity contribution in [1.82, 2.24) is 19.6 Å². The molecule has 0 saturated carbocycles. The van der Waals surface area contributed by atoms with Crippen LogP contribution in [0.15, 0.2) is 30.3 Å². The Morgan fingerprint density at radius 2 is 2.04 bits per heavy atom. The summed E-state index contributed by atoms with van der Waals surface area (Å²) in [6.45, 7) is 3.68. The zero-order valence-corrected chi connectivity index (χ0v) is 15.8. The molecule has 26 heavy (non-hydrogen) atoms. The summed E-state index contributed by atoms with van der Waals surface area (Å²) in [6, 6.07) is 9.61. The van der Waals surface area contributed by atoms with E-state index in [0.29, 0.717) is 26.2 Å². The summed E-state index contributed by atoms with van der Waals surface area (Å²) in [5.41, 5.74) is 1.93. The van der Waals surface area contributed by atoms with Crippen molar-refractivity contribution in [3.8, 4) is 11.5 Å². The van der Waals surface area contributed by atoms with Gasteiger partial charge in [0, 0.05) is 7.05 Å². The Morgan fingerprint density at radius 3 is 2.69 bits per heavy atom. The molecule has 0 saturated heterocycles. The van der Waals surface area contributed by atoms with Crippen molar-refractivity contribution >= 4 is 5.91 Å². The first-order chi connectivity index (χ1) is 12.4. The number of para-hydroxylation sites is 2. The Labute approximate surface area is 154 Å². The number of hydrogen-bond acceptors (Lipinski definition) is 5. The van der Waals surface area contributed by atoms with E-state index in [9.17, 15) is 4.79 Å². The monoisotopic (exact) mass is 358 g/mol. The van der Waals surface area contributed by atoms with Crippen LogP contribution in [0, 0.1) is 6.92 Å². The van der Waals surface area contributed by atoms with E-state index in [1.807, 2.05) is 72.9 Å². The fourth-order valence-electron chi connectivity index (χ4n) is 3.03. The topological polar surface area (TPSA) is 59.8 Å². The second kappa shape index (κ2) is 7.78. The maximum atomic E-state index is 12.8. The molecule has 0 unspecified atom stereocenters. The van der Waals surface area contributed by atoms with Gasteiger partial charge in [0.25, 0.3) is 0 Å². The molecule has 140 valence electrons. The van der Waals surface area contributed by atoms with E-state index in [4.69, 9.17) is 9.47 Å². The van der Waals surface area contributed by atoms with E-state index >= 15 is 0 Å². The summed E-state index contributed by atoms with van der Waals surface area (Å²) in [4.78, 5) is 16.4. The number of ether oxygens (including phenoxy) is 2. The highest BCUT2D eigenvalue weighted by Crippen LogP contribution is 2.31. The highest BCUT2D eigenvalue weighted by Gasteiger charge is 2.26. The summed E-state index contributed by atoms with van der Waals surface area (Å²) in [5, 5.41) is 4.37. The number of benzene rings is 1. The zero-order chi connectivity index (χ0) is 18.7. The third-order valence-electron chi connectivity index (χ3n) is 4.25. The van der Waals surface area contributed by atoms with E-state index < -0.39 is 0 Å². The SMILES string of the molecule is Cc1cc(CN(C[C@@H]2COc3ccccc3O2)C(=O)CN(C)C)n(C)n1. The van der Waals surface area contributed by atoms with Crippen molar-refractivity contribution in [3.05, 3.63) is 41.7 Å². The Bertz CT molecular complexity index is 772. The van der Waals surface area contributed by atoms with Crippen LogP contribution < -0.4 is 9.47 Å². The lowest BCUT2D eigenvalue weighted by Crippen LogP contribution is -2.46. The number of aryl methyl sites for hydroxylation is 2. The van der Waals surface area contributed by atoms with Crippen molar-refractivity contribution in [2.45, 2.75) is 19.6 Å². The summed E-state index contributed by atoms with van der Waals surface area (Å²) in [5.74, 6) is 1.52. The molecule has 1 amide bonds. The largest absolute Gasteiger partial charge is 0.486 e. The third-order valence-corrected chi connectivity index (χ3v) is 4.25. The predicted molar refractivity (Wildman–Crippen MR) is 98.3 cm³/mol. The van der Waals surface area contributed by atoms with Gasteiger partial charge in [-0.2, -0.15) is 5.10 Å². The number of fused-ring (bicyclic) bond motifs is 1. The molecule has 1 aliphatic rings. The van der Waals surface area contributed by atoms with E-state index in [0.717, 1.165) is 22.9 Å². The Hall–Kier alpha value is -2.54. The Morgan fingerprint density at radius 1 is 1.31 bits per heavy atom. The maximum absolute atomic E-state index is 12.8. The number of carbonyl (C=O) groups excluding carboxylic acids is 1. The number of nitrogens with zero attached hydrogens (tertiary/aromatic N) is 4. The van der Waals surface area contributed by atoms with Gasteiger partial charge in [0.1, 0.15) is 6.61 Å². The lowest BCUT2D eigenvalue weighted by molar-refractivity contribution is -0.134. The van der Waals surface area contributed by atoms with Crippen molar-refractivity contribution < 1.29 is 14.3 Å². The number of likely N-dealkylation sites (N-methyl/N-ethyl adjacent to an activating group) is 1. The van der Waals surface area contributed by atoms with E-state index in [2.05, 4.69) is 5.10 Å². The molecule has 2 aromatic rings. The van der Waals surface area contributed by atoms with Gasteiger partial charge in [-0.1, -0.05) is 12.1 Å². The lowest BCUT2D eigenvalue weighted by Gasteiger charge is -2.32. The summed E-state index contributed by atoms with van der Waals surface area (Å²) >= 11 is 0. The molecule has 1 atom stereocenters. The van der Waals surface area contributed by atoms with Crippen molar-refractivity contribution in [3.63, 3.8) is 0 Å². The van der Waals surface area contributed by atoms with Crippen molar-refractivity contribution in [2.24, 2.45) is 7.05 Å². The molecular formula is C19H26N4O3. The maximum Gasteiger partial charge on any atom is 0.237 e. The fraction of sp³-hybridized carbons (Fsp3) is 0.474. The number of amides is 1. The van der Waals surface area contributed by atoms with Crippen LogP contribution in [0.25, 0.3) is 0 Å².